The molecule has 0 aromatic carbocycles. The van der Waals surface area contributed by atoms with E-state index in [0.29, 0.717) is 6.42 Å². The average Bonchev–Trinajstić information content (AvgIpc) is 2.31. The van der Waals surface area contributed by atoms with E-state index in [2.05, 4.69) is 4.98 Å². The van der Waals surface area contributed by atoms with Crippen LogP contribution in [-0.4, -0.2) is 40.4 Å². The number of hydrogen-bond donors (Lipinski definition) is 1. The van der Waals surface area contributed by atoms with Gasteiger partial charge in [-0.2, -0.15) is 11.8 Å². The lowest BCUT2D eigenvalue weighted by Crippen LogP contribution is -2.36. The molecule has 0 bridgehead atoms. The minimum atomic E-state index is -0.403. The van der Waals surface area contributed by atoms with Crippen LogP contribution >= 0.6 is 11.8 Å². The molecule has 1 N–H and O–H groups in total. The Labute approximate surface area is 93.9 Å². The summed E-state index contributed by atoms with van der Waals surface area (Å²) in [5.74, 6) is 1.94. The Hall–Kier alpha value is -0.580. The van der Waals surface area contributed by atoms with Gasteiger partial charge in [-0.25, -0.2) is 0 Å². The fraction of sp³-hybridized carbons (Fsp3) is 0.545. The van der Waals surface area contributed by atoms with Crippen LogP contribution in [0.3, 0.4) is 0 Å². The monoisotopic (exact) mass is 225 g/mol. The molecule has 2 heterocycles. The Bertz CT molecular complexity index is 288. The summed E-state index contributed by atoms with van der Waals surface area (Å²) in [4.78, 5) is 3.95. The lowest BCUT2D eigenvalue weighted by Gasteiger charge is -2.26. The third-order valence-corrected chi connectivity index (χ3v) is 3.48. The van der Waals surface area contributed by atoms with E-state index in [1.807, 2.05) is 23.9 Å². The van der Waals surface area contributed by atoms with Gasteiger partial charge in [0, 0.05) is 30.3 Å². The number of pyridine rings is 1. The van der Waals surface area contributed by atoms with Gasteiger partial charge in [0.15, 0.2) is 0 Å². The van der Waals surface area contributed by atoms with Crippen molar-refractivity contribution in [2.45, 2.75) is 18.6 Å². The first kappa shape index (κ1) is 10.9. The summed E-state index contributed by atoms with van der Waals surface area (Å²) < 4.78 is 5.53. The maximum absolute atomic E-state index is 9.97. The first-order valence-electron chi connectivity index (χ1n) is 5.12. The summed E-state index contributed by atoms with van der Waals surface area (Å²) in [5, 5.41) is 9.97. The van der Waals surface area contributed by atoms with Gasteiger partial charge >= 0.3 is 0 Å². The topological polar surface area (TPSA) is 42.4 Å². The van der Waals surface area contributed by atoms with Crippen molar-refractivity contribution in [3.63, 3.8) is 0 Å². The second-order valence-electron chi connectivity index (χ2n) is 3.61. The van der Waals surface area contributed by atoms with Crippen molar-refractivity contribution in [2.24, 2.45) is 0 Å². The molecule has 3 nitrogen and oxygen atoms in total. The zero-order chi connectivity index (χ0) is 10.5. The minimum Gasteiger partial charge on any atom is -0.390 e. The molecule has 4 heteroatoms. The van der Waals surface area contributed by atoms with E-state index in [0.717, 1.165) is 23.7 Å². The van der Waals surface area contributed by atoms with Crippen LogP contribution in [0.4, 0.5) is 0 Å². The highest BCUT2D eigenvalue weighted by Crippen LogP contribution is 2.17. The molecule has 2 rings (SSSR count). The maximum atomic E-state index is 9.97. The van der Waals surface area contributed by atoms with E-state index in [1.54, 1.807) is 12.4 Å². The number of aliphatic hydroxyl groups is 1. The molecule has 2 unspecified atom stereocenters. The van der Waals surface area contributed by atoms with Gasteiger partial charge in [0.25, 0.3) is 0 Å². The second kappa shape index (κ2) is 5.49. The van der Waals surface area contributed by atoms with Gasteiger partial charge in [-0.3, -0.25) is 4.98 Å². The lowest BCUT2D eigenvalue weighted by atomic mass is 10.1. The van der Waals surface area contributed by atoms with E-state index in [-0.39, 0.29) is 6.10 Å². The summed E-state index contributed by atoms with van der Waals surface area (Å²) in [6.07, 6.45) is 3.72. The van der Waals surface area contributed by atoms with Gasteiger partial charge < -0.3 is 9.84 Å². The molecule has 0 radical (unpaired) electrons. The van der Waals surface area contributed by atoms with Crippen LogP contribution < -0.4 is 0 Å². The van der Waals surface area contributed by atoms with Crippen LogP contribution in [-0.2, 0) is 11.2 Å². The largest absolute Gasteiger partial charge is 0.390 e. The van der Waals surface area contributed by atoms with E-state index in [9.17, 15) is 5.11 Å². The van der Waals surface area contributed by atoms with Crippen molar-refractivity contribution in [1.29, 1.82) is 0 Å². The molecule has 1 fully saturated rings. The second-order valence-corrected chi connectivity index (χ2v) is 4.76. The van der Waals surface area contributed by atoms with Crippen LogP contribution in [0.1, 0.15) is 5.56 Å². The summed E-state index contributed by atoms with van der Waals surface area (Å²) in [6.45, 7) is 0.753. The quantitative estimate of drug-likeness (QED) is 0.837. The lowest BCUT2D eigenvalue weighted by molar-refractivity contribution is -0.0208. The van der Waals surface area contributed by atoms with Gasteiger partial charge in [0.05, 0.1) is 18.8 Å². The molecule has 1 aliphatic rings. The number of rotatable bonds is 3. The molecule has 0 amide bonds. The fourth-order valence-electron chi connectivity index (χ4n) is 1.62. The fourth-order valence-corrected chi connectivity index (χ4v) is 2.55. The highest BCUT2D eigenvalue weighted by atomic mass is 32.2. The summed E-state index contributed by atoms with van der Waals surface area (Å²) in [7, 11) is 0. The Kier molecular flexibility index (Phi) is 4.00. The zero-order valence-electron chi connectivity index (χ0n) is 8.50. The number of hydrogen-bond acceptors (Lipinski definition) is 4. The van der Waals surface area contributed by atoms with Crippen LogP contribution in [0.5, 0.6) is 0 Å². The molecule has 1 saturated heterocycles. The molecule has 0 saturated carbocycles. The summed E-state index contributed by atoms with van der Waals surface area (Å²) in [6, 6.07) is 3.86. The number of nitrogens with zero attached hydrogens (tertiary/aromatic N) is 1. The molecular formula is C11H15NO2S. The third-order valence-electron chi connectivity index (χ3n) is 2.47. The van der Waals surface area contributed by atoms with Crippen molar-refractivity contribution in [3.8, 4) is 0 Å². The summed E-state index contributed by atoms with van der Waals surface area (Å²) >= 11 is 1.84. The van der Waals surface area contributed by atoms with E-state index in [4.69, 9.17) is 4.74 Å². The molecule has 82 valence electrons. The van der Waals surface area contributed by atoms with Crippen LogP contribution in [0, 0.1) is 0 Å². The smallest absolute Gasteiger partial charge is 0.0927 e. The number of thioether (sulfide) groups is 1. The summed E-state index contributed by atoms with van der Waals surface area (Å²) in [5.41, 5.74) is 1.11. The van der Waals surface area contributed by atoms with Gasteiger partial charge in [-0.1, -0.05) is 0 Å². The van der Waals surface area contributed by atoms with Crippen LogP contribution in [0.2, 0.25) is 0 Å². The standard InChI is InChI=1S/C11H15NO2S/c13-10(11-8-15-6-5-14-11)7-9-1-3-12-4-2-9/h1-4,10-11,13H,5-8H2. The normalized spacial score (nSPS) is 23.7. The molecule has 1 aliphatic heterocycles. The zero-order valence-corrected chi connectivity index (χ0v) is 9.32. The van der Waals surface area contributed by atoms with Gasteiger partial charge in [0.1, 0.15) is 0 Å². The number of ether oxygens (including phenoxy) is 1. The van der Waals surface area contributed by atoms with Crippen LogP contribution in [0.25, 0.3) is 0 Å². The van der Waals surface area contributed by atoms with Crippen molar-refractivity contribution < 1.29 is 9.84 Å². The molecule has 0 aliphatic carbocycles. The molecular weight excluding hydrogens is 210 g/mol. The highest BCUT2D eigenvalue weighted by molar-refractivity contribution is 7.99. The van der Waals surface area contributed by atoms with E-state index in [1.165, 1.54) is 0 Å². The third kappa shape index (κ3) is 3.19. The average molecular weight is 225 g/mol. The van der Waals surface area contributed by atoms with Crippen molar-refractivity contribution >= 4 is 11.8 Å². The Morgan fingerprint density at radius 2 is 2.33 bits per heavy atom. The van der Waals surface area contributed by atoms with Gasteiger partial charge in [-0.15, -0.1) is 0 Å². The molecule has 1 aromatic rings. The van der Waals surface area contributed by atoms with Gasteiger partial charge in [-0.05, 0) is 17.7 Å². The molecule has 15 heavy (non-hydrogen) atoms. The van der Waals surface area contributed by atoms with Crippen molar-refractivity contribution in [1.82, 2.24) is 4.98 Å². The van der Waals surface area contributed by atoms with Gasteiger partial charge in [0.2, 0.25) is 0 Å². The van der Waals surface area contributed by atoms with Crippen LogP contribution in [0.15, 0.2) is 24.5 Å². The molecule has 0 spiro atoms. The Balaban J connectivity index is 1.88. The predicted molar refractivity (Wildman–Crippen MR) is 61.0 cm³/mol. The van der Waals surface area contributed by atoms with E-state index < -0.39 is 6.10 Å². The highest BCUT2D eigenvalue weighted by Gasteiger charge is 2.22. The number of aromatic nitrogens is 1. The molecule has 2 atom stereocenters. The first-order chi connectivity index (χ1) is 7.36. The first-order valence-corrected chi connectivity index (χ1v) is 6.28. The minimum absolute atomic E-state index is 0.0167. The number of aliphatic hydroxyl groups excluding tert-OH is 1. The molecule has 1 aromatic heterocycles. The Morgan fingerprint density at radius 3 is 3.00 bits per heavy atom. The van der Waals surface area contributed by atoms with Crippen molar-refractivity contribution in [2.75, 3.05) is 18.1 Å². The Morgan fingerprint density at radius 1 is 1.53 bits per heavy atom. The van der Waals surface area contributed by atoms with Crippen molar-refractivity contribution in [3.05, 3.63) is 30.1 Å². The SMILES string of the molecule is OC(Cc1ccncc1)C1CSCCO1. The maximum Gasteiger partial charge on any atom is 0.0927 e. The predicted octanol–water partition coefficient (Wildman–Crippen LogP) is 1.12. The van der Waals surface area contributed by atoms with E-state index >= 15 is 0 Å².